The molecule has 0 fully saturated rings. The van der Waals surface area contributed by atoms with Gasteiger partial charge in [0.15, 0.2) is 0 Å². The summed E-state index contributed by atoms with van der Waals surface area (Å²) in [7, 11) is 0. The highest BCUT2D eigenvalue weighted by Crippen LogP contribution is 2.25. The van der Waals surface area contributed by atoms with Crippen molar-refractivity contribution in [2.45, 2.75) is 33.4 Å². The average Bonchev–Trinajstić information content (AvgIpc) is 2.68. The number of para-hydroxylation sites is 2. The van der Waals surface area contributed by atoms with Crippen LogP contribution in [0.3, 0.4) is 0 Å². The van der Waals surface area contributed by atoms with Crippen molar-refractivity contribution in [3.05, 3.63) is 71.8 Å². The largest absolute Gasteiger partial charge is 0.489 e. The van der Waals surface area contributed by atoms with E-state index in [1.165, 1.54) is 0 Å². The van der Waals surface area contributed by atoms with E-state index >= 15 is 0 Å². The van der Waals surface area contributed by atoms with E-state index in [4.69, 9.17) is 4.74 Å². The van der Waals surface area contributed by atoms with Crippen LogP contribution in [0, 0.1) is 6.92 Å². The third-order valence-corrected chi connectivity index (χ3v) is 3.78. The van der Waals surface area contributed by atoms with Gasteiger partial charge in [0.05, 0.1) is 11.8 Å². The standard InChI is InChI=1S/C21H23N5O2/c1-14(2)28-19-7-5-4-6-17(19)25-20(27)18-12-15(3)24-21(26-18)23-13-16-8-10-22-11-9-16/h4-12,14H,13H2,1-3H3,(H,25,27)(H,23,24,26). The van der Waals surface area contributed by atoms with Gasteiger partial charge in [-0.25, -0.2) is 9.97 Å². The van der Waals surface area contributed by atoms with E-state index < -0.39 is 0 Å². The number of amides is 1. The van der Waals surface area contributed by atoms with E-state index in [-0.39, 0.29) is 17.7 Å². The molecule has 0 bridgehead atoms. The number of nitrogens with zero attached hydrogens (tertiary/aromatic N) is 3. The molecular weight excluding hydrogens is 354 g/mol. The Balaban J connectivity index is 1.74. The Morgan fingerprint density at radius 2 is 1.86 bits per heavy atom. The number of hydrogen-bond acceptors (Lipinski definition) is 6. The number of hydrogen-bond donors (Lipinski definition) is 2. The molecule has 1 amide bonds. The summed E-state index contributed by atoms with van der Waals surface area (Å²) in [6.45, 7) is 6.24. The van der Waals surface area contributed by atoms with Gasteiger partial charge in [-0.05, 0) is 56.7 Å². The molecular formula is C21H23N5O2. The number of rotatable bonds is 7. The SMILES string of the molecule is Cc1cc(C(=O)Nc2ccccc2OC(C)C)nc(NCc2ccncc2)n1. The van der Waals surface area contributed by atoms with Gasteiger partial charge in [-0.1, -0.05) is 12.1 Å². The fourth-order valence-electron chi connectivity index (χ4n) is 2.56. The van der Waals surface area contributed by atoms with Crippen LogP contribution in [0.1, 0.15) is 35.6 Å². The zero-order chi connectivity index (χ0) is 19.9. The third kappa shape index (κ3) is 5.26. The molecule has 2 aromatic heterocycles. The molecule has 0 saturated heterocycles. The van der Waals surface area contributed by atoms with E-state index in [9.17, 15) is 4.79 Å². The Morgan fingerprint density at radius 3 is 2.61 bits per heavy atom. The number of aromatic nitrogens is 3. The Kier molecular flexibility index (Phi) is 6.16. The Hall–Kier alpha value is -3.48. The maximum atomic E-state index is 12.7. The molecule has 0 aliphatic carbocycles. The van der Waals surface area contributed by atoms with Gasteiger partial charge in [0, 0.05) is 24.6 Å². The number of carbonyl (C=O) groups excluding carboxylic acids is 1. The van der Waals surface area contributed by atoms with E-state index in [1.54, 1.807) is 24.5 Å². The van der Waals surface area contributed by atoms with Crippen molar-refractivity contribution in [1.29, 1.82) is 0 Å². The minimum absolute atomic E-state index is 0.00309. The highest BCUT2D eigenvalue weighted by Gasteiger charge is 2.14. The van der Waals surface area contributed by atoms with Crippen LogP contribution in [-0.4, -0.2) is 27.0 Å². The lowest BCUT2D eigenvalue weighted by atomic mass is 10.2. The lowest BCUT2D eigenvalue weighted by Crippen LogP contribution is -2.17. The first-order chi connectivity index (χ1) is 13.5. The van der Waals surface area contributed by atoms with Gasteiger partial charge in [-0.3, -0.25) is 9.78 Å². The molecule has 3 aromatic rings. The second-order valence-corrected chi connectivity index (χ2v) is 6.54. The molecule has 0 atom stereocenters. The van der Waals surface area contributed by atoms with Gasteiger partial charge in [-0.2, -0.15) is 0 Å². The molecule has 0 unspecified atom stereocenters. The normalized spacial score (nSPS) is 10.6. The quantitative estimate of drug-likeness (QED) is 0.650. The zero-order valence-electron chi connectivity index (χ0n) is 16.1. The summed E-state index contributed by atoms with van der Waals surface area (Å²) in [5.41, 5.74) is 2.63. The van der Waals surface area contributed by atoms with Crippen molar-refractivity contribution in [3.63, 3.8) is 0 Å². The van der Waals surface area contributed by atoms with Crippen LogP contribution in [0.4, 0.5) is 11.6 Å². The summed E-state index contributed by atoms with van der Waals surface area (Å²) in [6.07, 6.45) is 3.45. The monoisotopic (exact) mass is 377 g/mol. The Bertz CT molecular complexity index is 945. The molecule has 3 rings (SSSR count). The summed E-state index contributed by atoms with van der Waals surface area (Å²) in [5, 5.41) is 6.01. The van der Waals surface area contributed by atoms with E-state index in [1.807, 2.05) is 51.1 Å². The predicted octanol–water partition coefficient (Wildman–Crippen LogP) is 3.83. The molecule has 0 spiro atoms. The van der Waals surface area contributed by atoms with E-state index in [0.29, 0.717) is 29.6 Å². The minimum Gasteiger partial charge on any atom is -0.489 e. The molecule has 0 saturated carbocycles. The number of carbonyl (C=O) groups is 1. The maximum Gasteiger partial charge on any atom is 0.274 e. The Morgan fingerprint density at radius 1 is 1.11 bits per heavy atom. The van der Waals surface area contributed by atoms with Gasteiger partial charge in [0.1, 0.15) is 11.4 Å². The van der Waals surface area contributed by atoms with Gasteiger partial charge >= 0.3 is 0 Å². The molecule has 1 aromatic carbocycles. The van der Waals surface area contributed by atoms with Crippen molar-refractivity contribution in [3.8, 4) is 5.75 Å². The van der Waals surface area contributed by atoms with Crippen LogP contribution in [0.2, 0.25) is 0 Å². The number of ether oxygens (including phenoxy) is 1. The average molecular weight is 377 g/mol. The summed E-state index contributed by atoms with van der Waals surface area (Å²) >= 11 is 0. The van der Waals surface area contributed by atoms with Crippen LogP contribution < -0.4 is 15.4 Å². The molecule has 0 aliphatic rings. The summed E-state index contributed by atoms with van der Waals surface area (Å²) in [4.78, 5) is 25.4. The maximum absolute atomic E-state index is 12.7. The smallest absolute Gasteiger partial charge is 0.274 e. The molecule has 7 nitrogen and oxygen atoms in total. The number of nitrogens with one attached hydrogen (secondary N) is 2. The molecule has 2 heterocycles. The summed E-state index contributed by atoms with van der Waals surface area (Å²) in [6, 6.07) is 12.8. The van der Waals surface area contributed by atoms with Crippen molar-refractivity contribution < 1.29 is 9.53 Å². The topological polar surface area (TPSA) is 89.0 Å². The van der Waals surface area contributed by atoms with Gasteiger partial charge in [0.2, 0.25) is 5.95 Å². The lowest BCUT2D eigenvalue weighted by molar-refractivity contribution is 0.102. The zero-order valence-corrected chi connectivity index (χ0v) is 16.1. The number of aryl methyl sites for hydroxylation is 1. The third-order valence-electron chi connectivity index (χ3n) is 3.78. The lowest BCUT2D eigenvalue weighted by Gasteiger charge is -2.15. The summed E-state index contributed by atoms with van der Waals surface area (Å²) in [5.74, 6) is 0.693. The van der Waals surface area contributed by atoms with Gasteiger partial charge < -0.3 is 15.4 Å². The molecule has 0 aliphatic heterocycles. The molecule has 144 valence electrons. The predicted molar refractivity (Wildman–Crippen MR) is 108 cm³/mol. The highest BCUT2D eigenvalue weighted by molar-refractivity contribution is 6.03. The van der Waals surface area contributed by atoms with Crippen LogP contribution in [0.5, 0.6) is 5.75 Å². The van der Waals surface area contributed by atoms with E-state index in [0.717, 1.165) is 5.56 Å². The van der Waals surface area contributed by atoms with Crippen molar-refractivity contribution in [2.24, 2.45) is 0 Å². The molecule has 28 heavy (non-hydrogen) atoms. The van der Waals surface area contributed by atoms with Crippen LogP contribution in [0.25, 0.3) is 0 Å². The van der Waals surface area contributed by atoms with Gasteiger partial charge in [0.25, 0.3) is 5.91 Å². The van der Waals surface area contributed by atoms with Crippen LogP contribution in [0.15, 0.2) is 54.9 Å². The fourth-order valence-corrected chi connectivity index (χ4v) is 2.56. The number of benzene rings is 1. The molecule has 2 N–H and O–H groups in total. The van der Waals surface area contributed by atoms with Crippen LogP contribution >= 0.6 is 0 Å². The highest BCUT2D eigenvalue weighted by atomic mass is 16.5. The first kappa shape index (κ1) is 19.3. The molecule has 0 radical (unpaired) electrons. The van der Waals surface area contributed by atoms with Crippen molar-refractivity contribution in [1.82, 2.24) is 15.0 Å². The second kappa shape index (κ2) is 8.94. The van der Waals surface area contributed by atoms with Crippen molar-refractivity contribution >= 4 is 17.5 Å². The molecule has 7 heteroatoms. The van der Waals surface area contributed by atoms with Gasteiger partial charge in [-0.15, -0.1) is 0 Å². The Labute approximate surface area is 164 Å². The number of anilines is 2. The van der Waals surface area contributed by atoms with E-state index in [2.05, 4.69) is 25.6 Å². The number of pyridine rings is 1. The van der Waals surface area contributed by atoms with Crippen molar-refractivity contribution in [2.75, 3.05) is 10.6 Å². The second-order valence-electron chi connectivity index (χ2n) is 6.54. The minimum atomic E-state index is -0.322. The fraction of sp³-hybridized carbons (Fsp3) is 0.238. The first-order valence-electron chi connectivity index (χ1n) is 9.07. The van der Waals surface area contributed by atoms with Crippen LogP contribution in [-0.2, 0) is 6.54 Å². The summed E-state index contributed by atoms with van der Waals surface area (Å²) < 4.78 is 5.75. The first-order valence-corrected chi connectivity index (χ1v) is 9.07.